The molecule has 0 aliphatic carbocycles. The molecule has 2 heterocycles. The molecule has 1 aliphatic heterocycles. The number of rotatable bonds is 2. The molecule has 0 bridgehead atoms. The van der Waals surface area contributed by atoms with Gasteiger partial charge in [-0.25, -0.2) is 0 Å². The van der Waals surface area contributed by atoms with Gasteiger partial charge in [0.1, 0.15) is 0 Å². The van der Waals surface area contributed by atoms with Crippen LogP contribution in [0.3, 0.4) is 0 Å². The summed E-state index contributed by atoms with van der Waals surface area (Å²) in [7, 11) is 0. The molecule has 2 aromatic rings. The zero-order valence-corrected chi connectivity index (χ0v) is 13.4. The first-order valence-electron chi connectivity index (χ1n) is 7.90. The van der Waals surface area contributed by atoms with Crippen LogP contribution in [0.4, 0.5) is 0 Å². The fraction of sp³-hybridized carbons (Fsp3) is 0.556. The van der Waals surface area contributed by atoms with Gasteiger partial charge >= 0.3 is 0 Å². The monoisotopic (exact) mass is 272 g/mol. The maximum Gasteiger partial charge on any atom is 0.0456 e. The van der Waals surface area contributed by atoms with Gasteiger partial charge in [-0.1, -0.05) is 18.6 Å². The average molecular weight is 272 g/mol. The fourth-order valence-electron chi connectivity index (χ4n) is 2.81. The van der Waals surface area contributed by atoms with E-state index in [0.717, 1.165) is 6.04 Å². The number of hydrogen-bond donors (Lipinski definition) is 1. The Morgan fingerprint density at radius 3 is 2.55 bits per heavy atom. The molecule has 3 rings (SSSR count). The number of nitrogens with zero attached hydrogens (tertiary/aromatic N) is 1. The van der Waals surface area contributed by atoms with Crippen LogP contribution >= 0.6 is 0 Å². The summed E-state index contributed by atoms with van der Waals surface area (Å²) in [5.74, 6) is 0. The SMILES string of the molecule is CCC(C)N1CCCC1.Cc1ccc2[nH]cc(C)c2c1. The van der Waals surface area contributed by atoms with E-state index in [9.17, 15) is 0 Å². The highest BCUT2D eigenvalue weighted by Crippen LogP contribution is 2.18. The molecule has 2 heteroatoms. The summed E-state index contributed by atoms with van der Waals surface area (Å²) in [6.07, 6.45) is 6.19. The molecule has 110 valence electrons. The van der Waals surface area contributed by atoms with Crippen LogP contribution in [0.15, 0.2) is 24.4 Å². The fourth-order valence-corrected chi connectivity index (χ4v) is 2.81. The van der Waals surface area contributed by atoms with E-state index < -0.39 is 0 Å². The van der Waals surface area contributed by atoms with Crippen LogP contribution in [0.5, 0.6) is 0 Å². The van der Waals surface area contributed by atoms with E-state index in [1.165, 1.54) is 54.4 Å². The molecule has 1 aliphatic rings. The molecule has 1 fully saturated rings. The number of likely N-dealkylation sites (tertiary alicyclic amines) is 1. The van der Waals surface area contributed by atoms with Crippen molar-refractivity contribution in [3.63, 3.8) is 0 Å². The highest BCUT2D eigenvalue weighted by Gasteiger charge is 2.15. The van der Waals surface area contributed by atoms with Gasteiger partial charge < -0.3 is 9.88 Å². The molecule has 1 saturated heterocycles. The average Bonchev–Trinajstić information content (AvgIpc) is 3.10. The van der Waals surface area contributed by atoms with Gasteiger partial charge in [-0.05, 0) is 70.8 Å². The Morgan fingerprint density at radius 2 is 1.90 bits per heavy atom. The number of aromatic nitrogens is 1. The largest absolute Gasteiger partial charge is 0.361 e. The molecule has 0 spiro atoms. The molecule has 1 unspecified atom stereocenters. The second-order valence-electron chi connectivity index (χ2n) is 6.02. The van der Waals surface area contributed by atoms with Gasteiger partial charge in [-0.15, -0.1) is 0 Å². The smallest absolute Gasteiger partial charge is 0.0456 e. The van der Waals surface area contributed by atoms with Crippen LogP contribution in [0.2, 0.25) is 0 Å². The molecule has 0 amide bonds. The van der Waals surface area contributed by atoms with Crippen molar-refractivity contribution in [3.05, 3.63) is 35.5 Å². The van der Waals surface area contributed by atoms with Crippen molar-refractivity contribution < 1.29 is 0 Å². The van der Waals surface area contributed by atoms with Crippen LogP contribution in [-0.2, 0) is 0 Å². The van der Waals surface area contributed by atoms with Gasteiger partial charge in [0.15, 0.2) is 0 Å². The molecule has 1 aromatic carbocycles. The van der Waals surface area contributed by atoms with E-state index in [1.54, 1.807) is 0 Å². The molecule has 1 N–H and O–H groups in total. The lowest BCUT2D eigenvalue weighted by Crippen LogP contribution is -2.29. The lowest BCUT2D eigenvalue weighted by atomic mass is 10.1. The Kier molecular flexibility index (Phi) is 5.24. The number of fused-ring (bicyclic) bond motifs is 1. The first kappa shape index (κ1) is 15.1. The molecule has 2 nitrogen and oxygen atoms in total. The normalized spacial score (nSPS) is 17.0. The Labute approximate surface area is 123 Å². The molecule has 20 heavy (non-hydrogen) atoms. The van der Waals surface area contributed by atoms with Crippen molar-refractivity contribution in [1.82, 2.24) is 9.88 Å². The summed E-state index contributed by atoms with van der Waals surface area (Å²) in [5.41, 5.74) is 3.87. The van der Waals surface area contributed by atoms with Crippen molar-refractivity contribution in [3.8, 4) is 0 Å². The van der Waals surface area contributed by atoms with E-state index in [-0.39, 0.29) is 0 Å². The van der Waals surface area contributed by atoms with Crippen molar-refractivity contribution in [1.29, 1.82) is 0 Å². The zero-order chi connectivity index (χ0) is 14.5. The second-order valence-corrected chi connectivity index (χ2v) is 6.02. The van der Waals surface area contributed by atoms with Gasteiger partial charge in [0.05, 0.1) is 0 Å². The molecule has 1 aromatic heterocycles. The van der Waals surface area contributed by atoms with Gasteiger partial charge in [-0.2, -0.15) is 0 Å². The van der Waals surface area contributed by atoms with Crippen LogP contribution in [0, 0.1) is 13.8 Å². The minimum Gasteiger partial charge on any atom is -0.361 e. The lowest BCUT2D eigenvalue weighted by molar-refractivity contribution is 0.253. The summed E-state index contributed by atoms with van der Waals surface area (Å²) in [4.78, 5) is 5.80. The summed E-state index contributed by atoms with van der Waals surface area (Å²) >= 11 is 0. The highest BCUT2D eigenvalue weighted by atomic mass is 15.2. The van der Waals surface area contributed by atoms with Crippen molar-refractivity contribution in [2.75, 3.05) is 13.1 Å². The van der Waals surface area contributed by atoms with Gasteiger partial charge in [0.25, 0.3) is 0 Å². The third-order valence-corrected chi connectivity index (χ3v) is 4.40. The first-order chi connectivity index (χ1) is 9.61. The Morgan fingerprint density at radius 1 is 1.20 bits per heavy atom. The number of aryl methyl sites for hydroxylation is 2. The Hall–Kier alpha value is -1.28. The van der Waals surface area contributed by atoms with Crippen molar-refractivity contribution in [2.45, 2.75) is 53.0 Å². The Balaban J connectivity index is 0.000000151. The first-order valence-corrected chi connectivity index (χ1v) is 7.90. The third-order valence-electron chi connectivity index (χ3n) is 4.40. The highest BCUT2D eigenvalue weighted by molar-refractivity contribution is 5.83. The molecular formula is C18H28N2. The van der Waals surface area contributed by atoms with Gasteiger partial charge in [-0.3, -0.25) is 0 Å². The summed E-state index contributed by atoms with van der Waals surface area (Å²) in [6, 6.07) is 7.28. The third kappa shape index (κ3) is 3.63. The summed E-state index contributed by atoms with van der Waals surface area (Å²) in [5, 5.41) is 1.34. The minimum absolute atomic E-state index is 0.826. The Bertz CT molecular complexity index is 535. The number of benzene rings is 1. The summed E-state index contributed by atoms with van der Waals surface area (Å²) < 4.78 is 0. The molecule has 1 atom stereocenters. The topological polar surface area (TPSA) is 19.0 Å². The van der Waals surface area contributed by atoms with Crippen LogP contribution in [0.1, 0.15) is 44.2 Å². The van der Waals surface area contributed by atoms with Crippen LogP contribution < -0.4 is 0 Å². The lowest BCUT2D eigenvalue weighted by Gasteiger charge is -2.21. The van der Waals surface area contributed by atoms with Crippen LogP contribution in [-0.4, -0.2) is 29.0 Å². The maximum absolute atomic E-state index is 3.22. The molecule has 0 saturated carbocycles. The quantitative estimate of drug-likeness (QED) is 0.842. The number of aromatic amines is 1. The van der Waals surface area contributed by atoms with Gasteiger partial charge in [0, 0.05) is 23.1 Å². The predicted octanol–water partition coefficient (Wildman–Crippen LogP) is 4.67. The maximum atomic E-state index is 3.22. The zero-order valence-electron chi connectivity index (χ0n) is 13.4. The standard InChI is InChI=1S/C10H11N.C8H17N/c1-7-3-4-10-9(5-7)8(2)6-11-10;1-3-8(2)9-6-4-5-7-9/h3-6,11H,1-2H3;8H,3-7H2,1-2H3. The molecular weight excluding hydrogens is 244 g/mol. The molecule has 0 radical (unpaired) electrons. The van der Waals surface area contributed by atoms with Gasteiger partial charge in [0.2, 0.25) is 0 Å². The van der Waals surface area contributed by atoms with E-state index in [0.29, 0.717) is 0 Å². The van der Waals surface area contributed by atoms with E-state index in [4.69, 9.17) is 0 Å². The van der Waals surface area contributed by atoms with E-state index >= 15 is 0 Å². The predicted molar refractivity (Wildman–Crippen MR) is 88.3 cm³/mol. The van der Waals surface area contributed by atoms with Crippen LogP contribution in [0.25, 0.3) is 10.9 Å². The van der Waals surface area contributed by atoms with E-state index in [1.807, 2.05) is 6.20 Å². The minimum atomic E-state index is 0.826. The number of nitrogens with one attached hydrogen (secondary N) is 1. The van der Waals surface area contributed by atoms with E-state index in [2.05, 4.69) is 55.8 Å². The number of H-pyrrole nitrogens is 1. The van der Waals surface area contributed by atoms with Crippen molar-refractivity contribution in [2.24, 2.45) is 0 Å². The number of hydrogen-bond acceptors (Lipinski definition) is 1. The van der Waals surface area contributed by atoms with Crippen molar-refractivity contribution >= 4 is 10.9 Å². The second kappa shape index (κ2) is 6.94. The summed E-state index contributed by atoms with van der Waals surface area (Å²) in [6.45, 7) is 11.5.